The number of carbonyl (C=O) groups excluding carboxylic acids is 4. The second kappa shape index (κ2) is 32.9. The molecule has 80 heavy (non-hydrogen) atoms. The fraction of sp³-hybridized carbons (Fsp3) is 0.343. The number of halogens is 2. The Morgan fingerprint density at radius 3 is 0.925 bits per heavy atom. The molecule has 0 radical (unpaired) electrons. The molecule has 0 aliphatic carbocycles. The normalized spacial score (nSPS) is 11.1. The molecule has 8 nitrogen and oxygen atoms in total. The molecule has 0 heterocycles. The number of hydrogen-bond donors (Lipinski definition) is 0. The van der Waals surface area contributed by atoms with Crippen LogP contribution in [0.3, 0.4) is 0 Å². The van der Waals surface area contributed by atoms with E-state index in [4.69, 9.17) is 42.1 Å². The summed E-state index contributed by atoms with van der Waals surface area (Å²) in [6, 6.07) is 46.0. The molecule has 0 N–H and O–H groups in total. The molecule has 0 saturated heterocycles. The monoisotopic (exact) mass is 1110 g/mol. The van der Waals surface area contributed by atoms with Crippen molar-refractivity contribution in [3.8, 4) is 45.3 Å². The highest BCUT2D eigenvalue weighted by molar-refractivity contribution is 6.33. The molecule has 0 unspecified atom stereocenters. The molecule has 0 atom stereocenters. The summed E-state index contributed by atoms with van der Waals surface area (Å²) >= 11 is 13.0. The summed E-state index contributed by atoms with van der Waals surface area (Å²) in [6.07, 6.45) is 28.6. The number of esters is 4. The lowest BCUT2D eigenvalue weighted by Crippen LogP contribution is -2.12. The highest BCUT2D eigenvalue weighted by Crippen LogP contribution is 2.31. The molecule has 7 aromatic rings. The van der Waals surface area contributed by atoms with Gasteiger partial charge in [0.05, 0.1) is 32.3 Å². The lowest BCUT2D eigenvalue weighted by Gasteiger charge is -2.11. The van der Waals surface area contributed by atoms with Gasteiger partial charge in [0.2, 0.25) is 0 Å². The Morgan fingerprint density at radius 2 is 0.600 bits per heavy atom. The fourth-order valence-corrected chi connectivity index (χ4v) is 10.1. The summed E-state index contributed by atoms with van der Waals surface area (Å²) in [7, 11) is 0. The number of hydrogen-bond acceptors (Lipinski definition) is 8. The summed E-state index contributed by atoms with van der Waals surface area (Å²) in [6.45, 7) is 4.52. The molecule has 7 aromatic carbocycles. The average molecular weight is 1120 g/mol. The van der Waals surface area contributed by atoms with E-state index in [0.29, 0.717) is 11.1 Å². The maximum Gasteiger partial charge on any atom is 0.343 e. The molecule has 0 spiro atoms. The van der Waals surface area contributed by atoms with Gasteiger partial charge in [0.1, 0.15) is 23.0 Å². The molecule has 0 aromatic heterocycles. The standard InChI is InChI=1S/C70H76Cl2O8/c1-3-5-7-9-11-13-15-17-19-21-24-51-28-32-53(33-29-51)55-36-40-57(41-37-55)67(73)79-65-46-44-59(48-63(65)71)69(75)77-61-26-23-27-62(50-61)78-70(76)60-45-47-66(64(72)49-60)80-68(74)58-42-38-56(39-43-58)54-34-30-52(31-35-54)25-22-20-18-16-14-12-10-8-6-4-2/h23,26-50H,3-22,24-25H2,1-2H3. The average Bonchev–Trinajstić information content (AvgIpc) is 3.49. The Morgan fingerprint density at radius 1 is 0.312 bits per heavy atom. The van der Waals surface area contributed by atoms with Crippen LogP contribution in [0.2, 0.25) is 10.0 Å². The number of benzene rings is 7. The quantitative estimate of drug-likeness (QED) is 0.0233. The summed E-state index contributed by atoms with van der Waals surface area (Å²) < 4.78 is 22.4. The Balaban J connectivity index is 0.821. The first-order valence-corrected chi connectivity index (χ1v) is 29.8. The first-order chi connectivity index (χ1) is 39.1. The summed E-state index contributed by atoms with van der Waals surface area (Å²) in [5.74, 6) is -2.35. The van der Waals surface area contributed by atoms with Gasteiger partial charge in [0.25, 0.3) is 0 Å². The second-order valence-corrected chi connectivity index (χ2v) is 21.6. The van der Waals surface area contributed by atoms with Gasteiger partial charge in [0.15, 0.2) is 0 Å². The minimum Gasteiger partial charge on any atom is -0.423 e. The van der Waals surface area contributed by atoms with Crippen molar-refractivity contribution in [2.45, 2.75) is 155 Å². The van der Waals surface area contributed by atoms with E-state index < -0.39 is 23.9 Å². The minimum atomic E-state index is -0.747. The smallest absolute Gasteiger partial charge is 0.343 e. The molecule has 418 valence electrons. The van der Waals surface area contributed by atoms with Crippen molar-refractivity contribution in [3.63, 3.8) is 0 Å². The summed E-state index contributed by atoms with van der Waals surface area (Å²) in [4.78, 5) is 52.7. The zero-order chi connectivity index (χ0) is 56.3. The van der Waals surface area contributed by atoms with Crippen LogP contribution >= 0.6 is 23.2 Å². The summed E-state index contributed by atoms with van der Waals surface area (Å²) in [5.41, 5.74) is 7.63. The van der Waals surface area contributed by atoms with Gasteiger partial charge in [-0.25, -0.2) is 19.2 Å². The van der Waals surface area contributed by atoms with Gasteiger partial charge in [-0.3, -0.25) is 0 Å². The Bertz CT molecular complexity index is 2850. The van der Waals surface area contributed by atoms with Crippen LogP contribution in [0.5, 0.6) is 23.0 Å². The van der Waals surface area contributed by atoms with Crippen molar-refractivity contribution < 1.29 is 38.1 Å². The predicted octanol–water partition coefficient (Wildman–Crippen LogP) is 20.1. The van der Waals surface area contributed by atoms with E-state index in [2.05, 4.69) is 62.4 Å². The van der Waals surface area contributed by atoms with E-state index in [1.54, 1.807) is 30.3 Å². The van der Waals surface area contributed by atoms with Crippen LogP contribution in [0.4, 0.5) is 0 Å². The van der Waals surface area contributed by atoms with Gasteiger partial charge < -0.3 is 18.9 Å². The molecular weight excluding hydrogens is 1040 g/mol. The number of ether oxygens (including phenoxy) is 4. The fourth-order valence-electron chi connectivity index (χ4n) is 9.63. The lowest BCUT2D eigenvalue weighted by atomic mass is 10.00. The van der Waals surface area contributed by atoms with Crippen LogP contribution in [0.1, 0.15) is 195 Å². The molecule has 0 saturated carbocycles. The summed E-state index contributed by atoms with van der Waals surface area (Å²) in [5, 5.41) is 0.0640. The Labute approximate surface area is 484 Å². The Kier molecular flexibility index (Phi) is 25.0. The largest absolute Gasteiger partial charge is 0.423 e. The second-order valence-electron chi connectivity index (χ2n) is 20.7. The van der Waals surface area contributed by atoms with E-state index in [-0.39, 0.29) is 44.2 Å². The van der Waals surface area contributed by atoms with Crippen molar-refractivity contribution in [2.24, 2.45) is 0 Å². The number of rotatable bonds is 32. The van der Waals surface area contributed by atoms with E-state index in [9.17, 15) is 19.2 Å². The van der Waals surface area contributed by atoms with E-state index in [1.165, 1.54) is 194 Å². The molecule has 0 bridgehead atoms. The van der Waals surface area contributed by atoms with Gasteiger partial charge >= 0.3 is 23.9 Å². The highest BCUT2D eigenvalue weighted by atomic mass is 35.5. The van der Waals surface area contributed by atoms with Crippen molar-refractivity contribution in [3.05, 3.63) is 201 Å². The predicted molar refractivity (Wildman–Crippen MR) is 324 cm³/mol. The van der Waals surface area contributed by atoms with Gasteiger partial charge in [-0.1, -0.05) is 231 Å². The zero-order valence-electron chi connectivity index (χ0n) is 46.6. The molecule has 0 aliphatic rings. The molecular formula is C70H76Cl2O8. The van der Waals surface area contributed by atoms with E-state index >= 15 is 0 Å². The van der Waals surface area contributed by atoms with Crippen molar-refractivity contribution in [1.82, 2.24) is 0 Å². The third-order valence-electron chi connectivity index (χ3n) is 14.4. The Hall–Kier alpha value is -7.00. The molecule has 0 amide bonds. The number of carbonyl (C=O) groups is 4. The molecule has 0 fully saturated rings. The van der Waals surface area contributed by atoms with Crippen LogP contribution in [0.25, 0.3) is 22.3 Å². The van der Waals surface area contributed by atoms with Crippen LogP contribution in [0, 0.1) is 0 Å². The third kappa shape index (κ3) is 19.7. The number of unbranched alkanes of at least 4 members (excludes halogenated alkanes) is 18. The maximum atomic E-state index is 13.2. The van der Waals surface area contributed by atoms with Crippen LogP contribution in [-0.2, 0) is 12.8 Å². The highest BCUT2D eigenvalue weighted by Gasteiger charge is 2.19. The van der Waals surface area contributed by atoms with Gasteiger partial charge in [-0.2, -0.15) is 0 Å². The van der Waals surface area contributed by atoms with Gasteiger partial charge in [0, 0.05) is 6.07 Å². The van der Waals surface area contributed by atoms with Crippen molar-refractivity contribution in [1.29, 1.82) is 0 Å². The maximum absolute atomic E-state index is 13.2. The van der Waals surface area contributed by atoms with E-state index in [1.807, 2.05) is 24.3 Å². The minimum absolute atomic E-state index is 0.0320. The topological polar surface area (TPSA) is 105 Å². The van der Waals surface area contributed by atoms with Crippen molar-refractivity contribution in [2.75, 3.05) is 0 Å². The lowest BCUT2D eigenvalue weighted by molar-refractivity contribution is 0.0723. The van der Waals surface area contributed by atoms with Gasteiger partial charge in [-0.15, -0.1) is 0 Å². The van der Waals surface area contributed by atoms with Crippen LogP contribution in [0.15, 0.2) is 158 Å². The molecule has 7 rings (SSSR count). The first kappa shape index (κ1) is 60.6. The molecule has 10 heteroatoms. The third-order valence-corrected chi connectivity index (χ3v) is 15.0. The van der Waals surface area contributed by atoms with Gasteiger partial charge in [-0.05, 0) is 132 Å². The zero-order valence-corrected chi connectivity index (χ0v) is 48.1. The number of aryl methyl sites for hydroxylation is 2. The van der Waals surface area contributed by atoms with Crippen molar-refractivity contribution >= 4 is 47.1 Å². The van der Waals surface area contributed by atoms with E-state index in [0.717, 1.165) is 35.1 Å². The SMILES string of the molecule is CCCCCCCCCCCCc1ccc(-c2ccc(C(=O)Oc3ccc(C(=O)Oc4cccc(OC(=O)c5ccc(OC(=O)c6ccc(-c7ccc(CCCCCCCCCCCC)cc7)cc6)c(Cl)c5)c4)cc3Cl)cc2)cc1. The molecule has 0 aliphatic heterocycles. The van der Waals surface area contributed by atoms with Crippen LogP contribution < -0.4 is 18.9 Å². The van der Waals surface area contributed by atoms with Crippen LogP contribution in [-0.4, -0.2) is 23.9 Å². The first-order valence-electron chi connectivity index (χ1n) is 29.0.